The van der Waals surface area contributed by atoms with Crippen molar-refractivity contribution < 1.29 is 9.53 Å². The highest BCUT2D eigenvalue weighted by Crippen LogP contribution is 2.47. The normalized spacial score (nSPS) is 21.5. The average Bonchev–Trinajstić information content (AvgIpc) is 3.24. The molecule has 1 aliphatic heterocycles. The predicted molar refractivity (Wildman–Crippen MR) is 120 cm³/mol. The zero-order valence-corrected chi connectivity index (χ0v) is 18.2. The molecule has 30 heavy (non-hydrogen) atoms. The van der Waals surface area contributed by atoms with Gasteiger partial charge in [0.25, 0.3) is 0 Å². The monoisotopic (exact) mass is 420 g/mol. The van der Waals surface area contributed by atoms with Crippen molar-refractivity contribution >= 4 is 23.2 Å². The number of pyridine rings is 1. The van der Waals surface area contributed by atoms with Crippen LogP contribution < -0.4 is 10.5 Å². The highest BCUT2D eigenvalue weighted by atomic mass is 32.1. The maximum absolute atomic E-state index is 13.3. The van der Waals surface area contributed by atoms with E-state index >= 15 is 0 Å². The van der Waals surface area contributed by atoms with Crippen molar-refractivity contribution in [2.45, 2.75) is 25.3 Å². The molecule has 1 aromatic carbocycles. The van der Waals surface area contributed by atoms with Crippen molar-refractivity contribution in [3.8, 4) is 16.9 Å². The van der Waals surface area contributed by atoms with Crippen LogP contribution in [0.1, 0.15) is 28.8 Å². The zero-order chi connectivity index (χ0) is 21.5. The quantitative estimate of drug-likeness (QED) is 0.694. The highest BCUT2D eigenvalue weighted by Gasteiger charge is 2.48. The van der Waals surface area contributed by atoms with Crippen LogP contribution in [0.25, 0.3) is 11.1 Å². The number of likely N-dealkylation sites (N-methyl/N-ethyl adjacent to an activating group) is 1. The SMILES string of the molecule is COc1ccc(C2C(=O)N(C)C(N)=N[C@]2(C)c2cc(-c3cncc(C)c3)cs2)cc1. The Morgan fingerprint density at radius 3 is 2.57 bits per heavy atom. The van der Waals surface area contributed by atoms with Gasteiger partial charge in [0.15, 0.2) is 5.96 Å². The second kappa shape index (κ2) is 7.57. The largest absolute Gasteiger partial charge is 0.497 e. The minimum Gasteiger partial charge on any atom is -0.497 e. The van der Waals surface area contributed by atoms with E-state index in [1.54, 1.807) is 25.5 Å². The van der Waals surface area contributed by atoms with E-state index in [9.17, 15) is 4.79 Å². The Labute approximate surface area is 180 Å². The number of aliphatic imine (C=N–C) groups is 1. The van der Waals surface area contributed by atoms with Gasteiger partial charge in [-0.2, -0.15) is 0 Å². The Morgan fingerprint density at radius 1 is 1.17 bits per heavy atom. The number of hydrogen-bond donors (Lipinski definition) is 1. The molecule has 3 aromatic rings. The standard InChI is InChI=1S/C23H24N4O2S/c1-14-9-16(12-25-11-14)17-10-19(30-13-17)23(2)20(21(28)27(3)22(24)26-23)15-5-7-18(29-4)8-6-15/h5-13,20H,1-4H3,(H2,24,26)/t20?,23-/m1/s1. The Morgan fingerprint density at radius 2 is 1.90 bits per heavy atom. The molecule has 3 heterocycles. The molecule has 1 amide bonds. The molecule has 2 aromatic heterocycles. The molecule has 0 aliphatic carbocycles. The van der Waals surface area contributed by atoms with E-state index in [0.29, 0.717) is 0 Å². The third-order valence-corrected chi connectivity index (χ3v) is 6.74. The molecule has 6 nitrogen and oxygen atoms in total. The van der Waals surface area contributed by atoms with E-state index in [4.69, 9.17) is 15.5 Å². The number of aromatic nitrogens is 1. The number of carbonyl (C=O) groups is 1. The van der Waals surface area contributed by atoms with Crippen molar-refractivity contribution in [3.05, 3.63) is 70.2 Å². The van der Waals surface area contributed by atoms with E-state index in [0.717, 1.165) is 32.9 Å². The fourth-order valence-electron chi connectivity index (χ4n) is 3.85. The van der Waals surface area contributed by atoms with E-state index in [-0.39, 0.29) is 11.9 Å². The van der Waals surface area contributed by atoms with E-state index < -0.39 is 11.5 Å². The van der Waals surface area contributed by atoms with Gasteiger partial charge in [0.05, 0.1) is 13.0 Å². The first-order valence-corrected chi connectivity index (χ1v) is 10.5. The van der Waals surface area contributed by atoms with Crippen LogP contribution in [0.4, 0.5) is 0 Å². The number of methoxy groups -OCH3 is 1. The average molecular weight is 421 g/mol. The van der Waals surface area contributed by atoms with E-state index in [1.165, 1.54) is 4.90 Å². The summed E-state index contributed by atoms with van der Waals surface area (Å²) in [5, 5.41) is 2.08. The van der Waals surface area contributed by atoms with Crippen LogP contribution in [0.3, 0.4) is 0 Å². The number of thiophene rings is 1. The number of aryl methyl sites for hydroxylation is 1. The second-order valence-electron chi connectivity index (χ2n) is 7.67. The van der Waals surface area contributed by atoms with Crippen LogP contribution in [-0.4, -0.2) is 35.9 Å². The van der Waals surface area contributed by atoms with Crippen molar-refractivity contribution in [1.29, 1.82) is 0 Å². The third-order valence-electron chi connectivity index (χ3n) is 5.59. The molecule has 0 saturated carbocycles. The van der Waals surface area contributed by atoms with Gasteiger partial charge in [0.1, 0.15) is 11.3 Å². The van der Waals surface area contributed by atoms with Crippen LogP contribution in [0.15, 0.2) is 59.2 Å². The number of guanidine groups is 1. The maximum atomic E-state index is 13.3. The van der Waals surface area contributed by atoms with Gasteiger partial charge in [0.2, 0.25) is 5.91 Å². The topological polar surface area (TPSA) is 80.8 Å². The van der Waals surface area contributed by atoms with E-state index in [2.05, 4.69) is 22.5 Å². The number of benzene rings is 1. The Bertz CT molecular complexity index is 1120. The molecule has 154 valence electrons. The van der Waals surface area contributed by atoms with Crippen LogP contribution in [0.2, 0.25) is 0 Å². The number of hydrogen-bond acceptors (Lipinski definition) is 6. The summed E-state index contributed by atoms with van der Waals surface area (Å²) in [5.41, 5.74) is 9.38. The summed E-state index contributed by atoms with van der Waals surface area (Å²) in [6.45, 7) is 4.00. The summed E-state index contributed by atoms with van der Waals surface area (Å²) < 4.78 is 5.27. The lowest BCUT2D eigenvalue weighted by Gasteiger charge is -2.40. The fourth-order valence-corrected chi connectivity index (χ4v) is 4.91. The van der Waals surface area contributed by atoms with Gasteiger partial charge in [-0.3, -0.25) is 14.7 Å². The summed E-state index contributed by atoms with van der Waals surface area (Å²) in [4.78, 5) is 24.8. The first-order chi connectivity index (χ1) is 14.3. The van der Waals surface area contributed by atoms with Crippen LogP contribution >= 0.6 is 11.3 Å². The van der Waals surface area contributed by atoms with Gasteiger partial charge in [-0.1, -0.05) is 12.1 Å². The minimum atomic E-state index is -0.817. The number of rotatable bonds is 4. The summed E-state index contributed by atoms with van der Waals surface area (Å²) >= 11 is 1.58. The fraction of sp³-hybridized carbons (Fsp3) is 0.261. The minimum absolute atomic E-state index is 0.0812. The van der Waals surface area contributed by atoms with Gasteiger partial charge in [-0.15, -0.1) is 11.3 Å². The molecule has 2 N–H and O–H groups in total. The van der Waals surface area contributed by atoms with Gasteiger partial charge < -0.3 is 10.5 Å². The molecule has 0 spiro atoms. The Hall–Kier alpha value is -3.19. The number of amides is 1. The summed E-state index contributed by atoms with van der Waals surface area (Å²) in [6.07, 6.45) is 3.68. The molecular formula is C23H24N4O2S. The summed E-state index contributed by atoms with van der Waals surface area (Å²) in [6, 6.07) is 11.8. The first kappa shape index (κ1) is 20.1. The van der Waals surface area contributed by atoms with E-state index in [1.807, 2.05) is 50.5 Å². The van der Waals surface area contributed by atoms with Crippen LogP contribution in [-0.2, 0) is 10.3 Å². The maximum Gasteiger partial charge on any atom is 0.239 e. The van der Waals surface area contributed by atoms with Gasteiger partial charge >= 0.3 is 0 Å². The number of nitrogens with two attached hydrogens (primary N) is 1. The molecule has 2 atom stereocenters. The molecule has 4 rings (SSSR count). The molecular weight excluding hydrogens is 396 g/mol. The molecule has 0 radical (unpaired) electrons. The molecule has 1 aliphatic rings. The molecule has 0 bridgehead atoms. The Kier molecular flexibility index (Phi) is 5.07. The molecule has 1 unspecified atom stereocenters. The second-order valence-corrected chi connectivity index (χ2v) is 8.58. The predicted octanol–water partition coefficient (Wildman–Crippen LogP) is 3.91. The van der Waals surface area contributed by atoms with Crippen molar-refractivity contribution in [2.24, 2.45) is 10.7 Å². The number of nitrogens with zero attached hydrogens (tertiary/aromatic N) is 3. The van der Waals surface area contributed by atoms with Gasteiger partial charge in [0, 0.05) is 29.9 Å². The zero-order valence-electron chi connectivity index (χ0n) is 17.4. The lowest BCUT2D eigenvalue weighted by Crippen LogP contribution is -2.52. The lowest BCUT2D eigenvalue weighted by atomic mass is 9.77. The molecule has 0 fully saturated rings. The summed E-state index contributed by atoms with van der Waals surface area (Å²) in [5.74, 6) is 0.384. The Balaban J connectivity index is 1.82. The molecule has 0 saturated heterocycles. The lowest BCUT2D eigenvalue weighted by molar-refractivity contribution is -0.130. The van der Waals surface area contributed by atoms with Crippen molar-refractivity contribution in [1.82, 2.24) is 9.88 Å². The van der Waals surface area contributed by atoms with Crippen LogP contribution in [0, 0.1) is 6.92 Å². The highest BCUT2D eigenvalue weighted by molar-refractivity contribution is 7.10. The van der Waals surface area contributed by atoms with Gasteiger partial charge in [-0.05, 0) is 60.2 Å². The summed E-state index contributed by atoms with van der Waals surface area (Å²) in [7, 11) is 3.28. The van der Waals surface area contributed by atoms with Crippen LogP contribution in [0.5, 0.6) is 5.75 Å². The number of carbonyl (C=O) groups excluding carboxylic acids is 1. The smallest absolute Gasteiger partial charge is 0.239 e. The third kappa shape index (κ3) is 3.35. The van der Waals surface area contributed by atoms with Crippen molar-refractivity contribution in [3.63, 3.8) is 0 Å². The van der Waals surface area contributed by atoms with Gasteiger partial charge in [-0.25, -0.2) is 4.99 Å². The first-order valence-electron chi connectivity index (χ1n) is 9.61. The van der Waals surface area contributed by atoms with Crippen molar-refractivity contribution in [2.75, 3.05) is 14.2 Å². The molecule has 7 heteroatoms. The number of ether oxygens (including phenoxy) is 1.